The molecule has 0 radical (unpaired) electrons. The van der Waals surface area contributed by atoms with Crippen LogP contribution in [-0.2, 0) is 9.53 Å². The van der Waals surface area contributed by atoms with Gasteiger partial charge < -0.3 is 14.2 Å². The fraction of sp³-hybridized carbons (Fsp3) is 0.238. The highest BCUT2D eigenvalue weighted by molar-refractivity contribution is 14.1. The van der Waals surface area contributed by atoms with E-state index in [1.165, 1.54) is 0 Å². The Morgan fingerprint density at radius 3 is 2.61 bits per heavy atom. The Labute approximate surface area is 186 Å². The number of aliphatic imine (C=N–C) groups is 1. The van der Waals surface area contributed by atoms with Gasteiger partial charge in [0.25, 0.3) is 0 Å². The molecule has 7 heteroatoms. The van der Waals surface area contributed by atoms with Crippen molar-refractivity contribution >= 4 is 56.5 Å². The number of cyclic esters (lactones) is 1. The van der Waals surface area contributed by atoms with Crippen molar-refractivity contribution in [1.29, 1.82) is 0 Å². The number of hydrogen-bond acceptors (Lipinski definition) is 5. The van der Waals surface area contributed by atoms with Crippen molar-refractivity contribution in [3.8, 4) is 11.5 Å². The minimum atomic E-state index is -0.481. The normalized spacial score (nSPS) is 15.0. The van der Waals surface area contributed by atoms with Gasteiger partial charge in [-0.15, -0.1) is 0 Å². The molecule has 1 aliphatic heterocycles. The minimum Gasteiger partial charge on any atom is -0.490 e. The van der Waals surface area contributed by atoms with Crippen molar-refractivity contribution < 1.29 is 19.0 Å². The van der Waals surface area contributed by atoms with Crippen LogP contribution in [0.1, 0.15) is 31.9 Å². The summed E-state index contributed by atoms with van der Waals surface area (Å²) in [4.78, 5) is 16.6. The molecule has 2 aromatic rings. The number of hydrogen-bond donors (Lipinski definition) is 0. The lowest BCUT2D eigenvalue weighted by molar-refractivity contribution is -0.129. The van der Waals surface area contributed by atoms with E-state index in [1.54, 1.807) is 6.08 Å². The summed E-state index contributed by atoms with van der Waals surface area (Å²) in [5.41, 5.74) is 1.75. The van der Waals surface area contributed by atoms with Crippen LogP contribution in [-0.4, -0.2) is 24.6 Å². The maximum absolute atomic E-state index is 12.3. The summed E-state index contributed by atoms with van der Waals surface area (Å²) in [7, 11) is 0. The SMILES string of the molecule is CCOc1cc(/C=C2\N=C(c3ccc(I)cc3)OC2=O)cc(Br)c1OC(C)C. The number of esters is 1. The minimum absolute atomic E-state index is 0.00520. The van der Waals surface area contributed by atoms with Crippen molar-refractivity contribution in [2.24, 2.45) is 4.99 Å². The van der Waals surface area contributed by atoms with Crippen LogP contribution in [0.25, 0.3) is 6.08 Å². The van der Waals surface area contributed by atoms with Crippen LogP contribution < -0.4 is 9.47 Å². The lowest BCUT2D eigenvalue weighted by Gasteiger charge is -2.16. The summed E-state index contributed by atoms with van der Waals surface area (Å²) in [6, 6.07) is 11.3. The van der Waals surface area contributed by atoms with Crippen LogP contribution in [0.15, 0.2) is 51.6 Å². The average molecular weight is 556 g/mol. The molecule has 0 aromatic heterocycles. The Balaban J connectivity index is 1.95. The molecule has 3 rings (SSSR count). The summed E-state index contributed by atoms with van der Waals surface area (Å²) in [5.74, 6) is 1.06. The summed E-state index contributed by atoms with van der Waals surface area (Å²) in [6.07, 6.45) is 1.68. The van der Waals surface area contributed by atoms with Gasteiger partial charge in [0.05, 0.1) is 17.2 Å². The first kappa shape index (κ1) is 20.9. The maximum atomic E-state index is 12.3. The Morgan fingerprint density at radius 1 is 1.25 bits per heavy atom. The largest absolute Gasteiger partial charge is 0.490 e. The van der Waals surface area contributed by atoms with Gasteiger partial charge in [0, 0.05) is 9.13 Å². The predicted molar refractivity (Wildman–Crippen MR) is 121 cm³/mol. The molecule has 5 nitrogen and oxygen atoms in total. The predicted octanol–water partition coefficient (Wildman–Crippen LogP) is 5.58. The van der Waals surface area contributed by atoms with Gasteiger partial charge in [-0.3, -0.25) is 0 Å². The second-order valence-electron chi connectivity index (χ2n) is 6.27. The molecule has 0 bridgehead atoms. The highest BCUT2D eigenvalue weighted by atomic mass is 127. The van der Waals surface area contributed by atoms with Crippen molar-refractivity contribution in [2.45, 2.75) is 26.9 Å². The Morgan fingerprint density at radius 2 is 1.96 bits per heavy atom. The van der Waals surface area contributed by atoms with Gasteiger partial charge in [-0.2, -0.15) is 0 Å². The summed E-state index contributed by atoms with van der Waals surface area (Å²) >= 11 is 5.75. The van der Waals surface area contributed by atoms with Crippen molar-refractivity contribution in [1.82, 2.24) is 0 Å². The fourth-order valence-corrected chi connectivity index (χ4v) is 3.48. The van der Waals surface area contributed by atoms with E-state index in [-0.39, 0.29) is 11.8 Å². The van der Waals surface area contributed by atoms with E-state index < -0.39 is 5.97 Å². The van der Waals surface area contributed by atoms with Gasteiger partial charge in [0.2, 0.25) is 5.90 Å². The molecule has 146 valence electrons. The summed E-state index contributed by atoms with van der Waals surface area (Å²) in [6.45, 7) is 6.31. The van der Waals surface area contributed by atoms with Crippen LogP contribution in [0.2, 0.25) is 0 Å². The molecular weight excluding hydrogens is 537 g/mol. The van der Waals surface area contributed by atoms with E-state index in [0.717, 1.165) is 19.2 Å². The van der Waals surface area contributed by atoms with Gasteiger partial charge in [0.1, 0.15) is 0 Å². The third kappa shape index (κ3) is 4.94. The second-order valence-corrected chi connectivity index (χ2v) is 8.37. The number of halogens is 2. The van der Waals surface area contributed by atoms with E-state index >= 15 is 0 Å². The van der Waals surface area contributed by atoms with E-state index in [4.69, 9.17) is 14.2 Å². The maximum Gasteiger partial charge on any atom is 0.363 e. The number of ether oxygens (including phenoxy) is 3. The first-order chi connectivity index (χ1) is 13.4. The summed E-state index contributed by atoms with van der Waals surface area (Å²) < 4.78 is 18.7. The number of benzene rings is 2. The van der Waals surface area contributed by atoms with E-state index in [0.29, 0.717) is 24.0 Å². The molecule has 0 saturated heterocycles. The molecule has 0 N–H and O–H groups in total. The molecular formula is C21H19BrINO4. The molecule has 0 atom stereocenters. The van der Waals surface area contributed by atoms with Crippen molar-refractivity contribution in [3.05, 3.63) is 61.3 Å². The highest BCUT2D eigenvalue weighted by Crippen LogP contribution is 2.38. The van der Waals surface area contributed by atoms with Gasteiger partial charge in [-0.1, -0.05) is 0 Å². The fourth-order valence-electron chi connectivity index (χ4n) is 2.57. The summed E-state index contributed by atoms with van der Waals surface area (Å²) in [5, 5.41) is 0. The zero-order valence-corrected chi connectivity index (χ0v) is 19.4. The van der Waals surface area contributed by atoms with Gasteiger partial charge >= 0.3 is 5.97 Å². The molecule has 0 spiro atoms. The number of carbonyl (C=O) groups excluding carboxylic acids is 1. The molecule has 1 aliphatic rings. The third-order valence-corrected chi connectivity index (χ3v) is 5.01. The Hall–Kier alpha value is -1.87. The molecule has 28 heavy (non-hydrogen) atoms. The first-order valence-corrected chi connectivity index (χ1v) is 10.7. The number of rotatable bonds is 6. The highest BCUT2D eigenvalue weighted by Gasteiger charge is 2.24. The zero-order chi connectivity index (χ0) is 20.3. The molecule has 2 aromatic carbocycles. The molecule has 0 unspecified atom stereocenters. The van der Waals surface area contributed by atoms with Crippen LogP contribution >= 0.6 is 38.5 Å². The van der Waals surface area contributed by atoms with Gasteiger partial charge in [-0.05, 0) is 107 Å². The molecule has 0 saturated carbocycles. The molecule has 0 amide bonds. The van der Waals surface area contributed by atoms with Crippen molar-refractivity contribution in [2.75, 3.05) is 6.61 Å². The van der Waals surface area contributed by atoms with Gasteiger partial charge in [-0.25, -0.2) is 9.79 Å². The monoisotopic (exact) mass is 555 g/mol. The zero-order valence-electron chi connectivity index (χ0n) is 15.7. The quantitative estimate of drug-likeness (QED) is 0.265. The topological polar surface area (TPSA) is 57.1 Å². The standard InChI is InChI=1S/C21H19BrINO4/c1-4-26-18-11-13(9-16(22)19(18)27-12(2)3)10-17-21(25)28-20(24-17)14-5-7-15(23)8-6-14/h5-12H,4H2,1-3H3/b17-10-. The van der Waals surface area contributed by atoms with Crippen LogP contribution in [0.3, 0.4) is 0 Å². The molecule has 0 aliphatic carbocycles. The van der Waals surface area contributed by atoms with Crippen molar-refractivity contribution in [3.63, 3.8) is 0 Å². The van der Waals surface area contributed by atoms with E-state index in [2.05, 4.69) is 43.5 Å². The lowest BCUT2D eigenvalue weighted by Crippen LogP contribution is -2.08. The first-order valence-electron chi connectivity index (χ1n) is 8.79. The van der Waals surface area contributed by atoms with E-state index in [9.17, 15) is 4.79 Å². The average Bonchev–Trinajstić information content (AvgIpc) is 2.99. The lowest BCUT2D eigenvalue weighted by atomic mass is 10.1. The number of carbonyl (C=O) groups is 1. The Kier molecular flexibility index (Phi) is 6.77. The second kappa shape index (κ2) is 9.09. The molecule has 0 fully saturated rings. The van der Waals surface area contributed by atoms with Crippen LogP contribution in [0, 0.1) is 3.57 Å². The number of nitrogens with zero attached hydrogens (tertiary/aromatic N) is 1. The van der Waals surface area contributed by atoms with Gasteiger partial charge in [0.15, 0.2) is 17.2 Å². The molecule has 1 heterocycles. The Bertz CT molecular complexity index is 952. The van der Waals surface area contributed by atoms with Crippen LogP contribution in [0.4, 0.5) is 0 Å². The third-order valence-electron chi connectivity index (χ3n) is 3.70. The van der Waals surface area contributed by atoms with E-state index in [1.807, 2.05) is 57.2 Å². The smallest absolute Gasteiger partial charge is 0.363 e. The van der Waals surface area contributed by atoms with Crippen LogP contribution in [0.5, 0.6) is 11.5 Å².